The van der Waals surface area contributed by atoms with Crippen LogP contribution in [0.15, 0.2) is 4.99 Å². The Hall–Kier alpha value is -2.36. The van der Waals surface area contributed by atoms with E-state index in [1.807, 2.05) is 20.8 Å². The Balaban J connectivity index is 5.17. The van der Waals surface area contributed by atoms with Crippen molar-refractivity contribution in [3.8, 4) is 0 Å². The predicted molar refractivity (Wildman–Crippen MR) is 108 cm³/mol. The van der Waals surface area contributed by atoms with Crippen molar-refractivity contribution in [1.29, 1.82) is 0 Å². The van der Waals surface area contributed by atoms with Crippen LogP contribution in [0.25, 0.3) is 0 Å². The van der Waals surface area contributed by atoms with Crippen molar-refractivity contribution in [2.75, 3.05) is 6.54 Å². The molecule has 0 fully saturated rings. The highest BCUT2D eigenvalue weighted by atomic mass is 16.4. The van der Waals surface area contributed by atoms with Crippen molar-refractivity contribution in [2.24, 2.45) is 34.0 Å². The van der Waals surface area contributed by atoms with Crippen LogP contribution < -0.4 is 27.8 Å². The Bertz CT molecular complexity index is 548. The molecule has 4 atom stereocenters. The van der Waals surface area contributed by atoms with Gasteiger partial charge in [-0.25, -0.2) is 4.79 Å². The smallest absolute Gasteiger partial charge is 0.326 e. The highest BCUT2D eigenvalue weighted by Gasteiger charge is 2.30. The van der Waals surface area contributed by atoms with Crippen molar-refractivity contribution >= 4 is 23.7 Å². The Morgan fingerprint density at radius 2 is 1.68 bits per heavy atom. The minimum atomic E-state index is -1.12. The average Bonchev–Trinajstić information content (AvgIpc) is 2.59. The summed E-state index contributed by atoms with van der Waals surface area (Å²) in [6.07, 6.45) is 1.73. The summed E-state index contributed by atoms with van der Waals surface area (Å²) in [6, 6.07) is -2.72. The van der Waals surface area contributed by atoms with E-state index in [1.165, 1.54) is 0 Å². The van der Waals surface area contributed by atoms with Gasteiger partial charge in [0.25, 0.3) is 0 Å². The monoisotopic (exact) mass is 400 g/mol. The highest BCUT2D eigenvalue weighted by molar-refractivity contribution is 5.91. The molecule has 10 nitrogen and oxygen atoms in total. The molecular weight excluding hydrogens is 364 g/mol. The molecule has 162 valence electrons. The second-order valence-electron chi connectivity index (χ2n) is 7.46. The zero-order valence-electron chi connectivity index (χ0n) is 17.3. The van der Waals surface area contributed by atoms with Crippen LogP contribution >= 0.6 is 0 Å². The molecule has 0 saturated carbocycles. The SMILES string of the molecule is CC[C@H](C)[C@H](NC(=O)[C@H](CCCN=C(N)N)NC(=O)[C@@H](N)CC(C)C)C(=O)O. The summed E-state index contributed by atoms with van der Waals surface area (Å²) in [5.74, 6) is -2.25. The van der Waals surface area contributed by atoms with E-state index in [0.29, 0.717) is 19.3 Å². The van der Waals surface area contributed by atoms with Gasteiger partial charge in [0, 0.05) is 6.54 Å². The second kappa shape index (κ2) is 12.9. The number of amides is 2. The van der Waals surface area contributed by atoms with Gasteiger partial charge in [0.15, 0.2) is 5.96 Å². The zero-order chi connectivity index (χ0) is 21.9. The molecule has 10 heteroatoms. The molecule has 0 unspecified atom stereocenters. The molecule has 2 amide bonds. The lowest BCUT2D eigenvalue weighted by Crippen LogP contribution is -2.55. The van der Waals surface area contributed by atoms with Crippen molar-refractivity contribution < 1.29 is 19.5 Å². The van der Waals surface area contributed by atoms with Crippen molar-refractivity contribution in [3.63, 3.8) is 0 Å². The van der Waals surface area contributed by atoms with E-state index in [1.54, 1.807) is 6.92 Å². The minimum absolute atomic E-state index is 0.0632. The van der Waals surface area contributed by atoms with E-state index in [0.717, 1.165) is 0 Å². The number of aliphatic carboxylic acids is 1. The number of nitrogens with zero attached hydrogens (tertiary/aromatic N) is 1. The number of carbonyl (C=O) groups is 3. The summed E-state index contributed by atoms with van der Waals surface area (Å²) in [4.78, 5) is 40.3. The van der Waals surface area contributed by atoms with Gasteiger partial charge < -0.3 is 32.9 Å². The molecule has 0 heterocycles. The van der Waals surface area contributed by atoms with Crippen LogP contribution in [0.5, 0.6) is 0 Å². The van der Waals surface area contributed by atoms with Crippen LogP contribution in [0.4, 0.5) is 0 Å². The number of rotatable bonds is 13. The van der Waals surface area contributed by atoms with E-state index in [9.17, 15) is 19.5 Å². The molecule has 0 aliphatic heterocycles. The number of nitrogens with one attached hydrogen (secondary N) is 2. The third-order valence-electron chi connectivity index (χ3n) is 4.42. The topological polar surface area (TPSA) is 186 Å². The fraction of sp³-hybridized carbons (Fsp3) is 0.778. The average molecular weight is 401 g/mol. The molecule has 0 aromatic rings. The lowest BCUT2D eigenvalue weighted by molar-refractivity contribution is -0.143. The molecular formula is C18H36N6O4. The summed E-state index contributed by atoms with van der Waals surface area (Å²) >= 11 is 0. The van der Waals surface area contributed by atoms with Crippen molar-refractivity contribution in [1.82, 2.24) is 10.6 Å². The molecule has 0 saturated heterocycles. The predicted octanol–water partition coefficient (Wildman–Crippen LogP) is -0.486. The molecule has 0 aliphatic carbocycles. The first-order valence-electron chi connectivity index (χ1n) is 9.64. The molecule has 0 aromatic carbocycles. The van der Waals surface area contributed by atoms with Gasteiger partial charge in [-0.05, 0) is 31.1 Å². The zero-order valence-corrected chi connectivity index (χ0v) is 17.3. The lowest BCUT2D eigenvalue weighted by atomic mass is 9.98. The Labute approximate surface area is 166 Å². The summed E-state index contributed by atoms with van der Waals surface area (Å²) < 4.78 is 0. The first-order chi connectivity index (χ1) is 13.0. The Kier molecular flexibility index (Phi) is 11.8. The fourth-order valence-electron chi connectivity index (χ4n) is 2.60. The maximum absolute atomic E-state index is 12.7. The second-order valence-corrected chi connectivity index (χ2v) is 7.46. The number of hydrogen-bond acceptors (Lipinski definition) is 5. The van der Waals surface area contributed by atoms with E-state index in [2.05, 4.69) is 15.6 Å². The van der Waals surface area contributed by atoms with Gasteiger partial charge in [-0.15, -0.1) is 0 Å². The maximum Gasteiger partial charge on any atom is 0.326 e. The number of hydrogen-bond donors (Lipinski definition) is 6. The summed E-state index contributed by atoms with van der Waals surface area (Å²) in [6.45, 7) is 7.75. The highest BCUT2D eigenvalue weighted by Crippen LogP contribution is 2.10. The fourth-order valence-corrected chi connectivity index (χ4v) is 2.60. The number of guanidine groups is 1. The quantitative estimate of drug-likeness (QED) is 0.137. The molecule has 0 spiro atoms. The normalized spacial score (nSPS) is 15.2. The number of nitrogens with two attached hydrogens (primary N) is 3. The maximum atomic E-state index is 12.7. The number of carboxylic acids is 1. The van der Waals surface area contributed by atoms with Gasteiger partial charge in [-0.3, -0.25) is 14.6 Å². The molecule has 0 rings (SSSR count). The van der Waals surface area contributed by atoms with Crippen molar-refractivity contribution in [2.45, 2.75) is 71.5 Å². The van der Waals surface area contributed by atoms with E-state index in [-0.39, 0.29) is 30.8 Å². The third kappa shape index (κ3) is 10.1. The van der Waals surface area contributed by atoms with Crippen LogP contribution in [-0.2, 0) is 14.4 Å². The molecule has 28 heavy (non-hydrogen) atoms. The van der Waals surface area contributed by atoms with Gasteiger partial charge in [-0.1, -0.05) is 34.1 Å². The van der Waals surface area contributed by atoms with Crippen LogP contribution in [0, 0.1) is 11.8 Å². The number of carboxylic acid groups (broad SMARTS) is 1. The van der Waals surface area contributed by atoms with E-state index < -0.39 is 35.9 Å². The van der Waals surface area contributed by atoms with Crippen molar-refractivity contribution in [3.05, 3.63) is 0 Å². The third-order valence-corrected chi connectivity index (χ3v) is 4.42. The van der Waals surface area contributed by atoms with Crippen LogP contribution in [0.3, 0.4) is 0 Å². The van der Waals surface area contributed by atoms with Gasteiger partial charge in [0.1, 0.15) is 12.1 Å². The van der Waals surface area contributed by atoms with Crippen LogP contribution in [0.2, 0.25) is 0 Å². The lowest BCUT2D eigenvalue weighted by Gasteiger charge is -2.25. The standard InChI is InChI=1S/C18H36N6O4/c1-5-11(4)14(17(27)28)24-16(26)13(7-6-8-22-18(20)21)23-15(25)12(19)9-10(2)3/h10-14H,5-9,19H2,1-4H3,(H,23,25)(H,24,26)(H,27,28)(H4,20,21,22)/t11-,12-,13-,14-/m0/s1. The summed E-state index contributed by atoms with van der Waals surface area (Å²) in [5.41, 5.74) is 16.4. The first-order valence-corrected chi connectivity index (χ1v) is 9.64. The van der Waals surface area contributed by atoms with Gasteiger partial charge in [-0.2, -0.15) is 0 Å². The number of carbonyl (C=O) groups excluding carboxylic acids is 2. The van der Waals surface area contributed by atoms with Gasteiger partial charge in [0.2, 0.25) is 11.8 Å². The van der Waals surface area contributed by atoms with Crippen LogP contribution in [0.1, 0.15) is 53.4 Å². The molecule has 0 aliphatic rings. The minimum Gasteiger partial charge on any atom is -0.480 e. The Morgan fingerprint density at radius 1 is 1.07 bits per heavy atom. The molecule has 0 bridgehead atoms. The largest absolute Gasteiger partial charge is 0.480 e. The van der Waals surface area contributed by atoms with Gasteiger partial charge in [0.05, 0.1) is 6.04 Å². The first kappa shape index (κ1) is 25.6. The molecule has 9 N–H and O–H groups in total. The Morgan fingerprint density at radius 3 is 2.14 bits per heavy atom. The molecule has 0 aromatic heterocycles. The van der Waals surface area contributed by atoms with Gasteiger partial charge >= 0.3 is 5.97 Å². The number of aliphatic imine (C=N–C) groups is 1. The summed E-state index contributed by atoms with van der Waals surface area (Å²) in [5, 5.41) is 14.5. The van der Waals surface area contributed by atoms with E-state index in [4.69, 9.17) is 17.2 Å². The van der Waals surface area contributed by atoms with E-state index >= 15 is 0 Å². The summed E-state index contributed by atoms with van der Waals surface area (Å²) in [7, 11) is 0. The van der Waals surface area contributed by atoms with Crippen LogP contribution in [-0.4, -0.2) is 53.5 Å². The molecule has 0 radical (unpaired) electrons.